The van der Waals surface area contributed by atoms with E-state index in [1.807, 2.05) is 0 Å². The maximum absolute atomic E-state index is 5.08. The third kappa shape index (κ3) is 5.83. The van der Waals surface area contributed by atoms with Crippen LogP contribution in [0.5, 0.6) is 0 Å². The summed E-state index contributed by atoms with van der Waals surface area (Å²) in [7, 11) is 1.78. The molecule has 0 amide bonds. The van der Waals surface area contributed by atoms with Crippen LogP contribution in [0.1, 0.15) is 39.5 Å². The Morgan fingerprint density at radius 1 is 1.12 bits per heavy atom. The van der Waals surface area contributed by atoms with E-state index in [2.05, 4.69) is 24.1 Å². The van der Waals surface area contributed by atoms with Crippen molar-refractivity contribution in [3.05, 3.63) is 0 Å². The van der Waals surface area contributed by atoms with Crippen molar-refractivity contribution in [1.82, 2.24) is 10.2 Å². The molecule has 1 aliphatic rings. The quantitative estimate of drug-likeness (QED) is 0.727. The Hall–Kier alpha value is -0.120. The minimum atomic E-state index is 0.664. The van der Waals surface area contributed by atoms with Gasteiger partial charge in [0.1, 0.15) is 0 Å². The van der Waals surface area contributed by atoms with E-state index in [0.717, 1.165) is 6.61 Å². The summed E-state index contributed by atoms with van der Waals surface area (Å²) in [6, 6.07) is 1.33. The van der Waals surface area contributed by atoms with Gasteiger partial charge in [-0.05, 0) is 59.2 Å². The molecule has 2 atom stereocenters. The molecule has 0 aromatic rings. The Bertz CT molecular complexity index is 163. The van der Waals surface area contributed by atoms with Gasteiger partial charge in [-0.3, -0.25) is 0 Å². The zero-order valence-electron chi connectivity index (χ0n) is 11.2. The van der Waals surface area contributed by atoms with Gasteiger partial charge in [0, 0.05) is 25.8 Å². The average molecular weight is 228 g/mol. The van der Waals surface area contributed by atoms with Crippen molar-refractivity contribution in [1.29, 1.82) is 0 Å². The van der Waals surface area contributed by atoms with Crippen molar-refractivity contribution in [3.63, 3.8) is 0 Å². The minimum absolute atomic E-state index is 0.664. The van der Waals surface area contributed by atoms with E-state index >= 15 is 0 Å². The maximum atomic E-state index is 5.08. The third-order valence-electron chi connectivity index (χ3n) is 3.40. The minimum Gasteiger partial charge on any atom is -0.385 e. The number of rotatable bonds is 5. The molecule has 0 aromatic carbocycles. The van der Waals surface area contributed by atoms with Crippen LogP contribution in [0, 0.1) is 0 Å². The van der Waals surface area contributed by atoms with E-state index in [0.29, 0.717) is 12.1 Å². The predicted octanol–water partition coefficient (Wildman–Crippen LogP) is 1.88. The first kappa shape index (κ1) is 13.9. The Morgan fingerprint density at radius 3 is 2.31 bits per heavy atom. The van der Waals surface area contributed by atoms with E-state index < -0.39 is 0 Å². The van der Waals surface area contributed by atoms with Gasteiger partial charge in [-0.2, -0.15) is 0 Å². The summed E-state index contributed by atoms with van der Waals surface area (Å²) in [5.41, 5.74) is 0. The second-order valence-electron chi connectivity index (χ2n) is 5.09. The number of hydrogen-bond acceptors (Lipinski definition) is 3. The second-order valence-corrected chi connectivity index (χ2v) is 5.09. The van der Waals surface area contributed by atoms with Crippen molar-refractivity contribution in [2.75, 3.05) is 33.4 Å². The smallest absolute Gasteiger partial charge is 0.0462 e. The molecular formula is C13H28N2O. The predicted molar refractivity (Wildman–Crippen MR) is 68.8 cm³/mol. The molecule has 0 aliphatic carbocycles. The van der Waals surface area contributed by atoms with E-state index in [1.165, 1.54) is 45.3 Å². The number of hydrogen-bond donors (Lipinski definition) is 1. The largest absolute Gasteiger partial charge is 0.385 e. The molecule has 1 rings (SSSR count). The molecule has 3 nitrogen and oxygen atoms in total. The highest BCUT2D eigenvalue weighted by molar-refractivity contribution is 4.74. The molecule has 0 spiro atoms. The normalized spacial score (nSPS) is 28.7. The van der Waals surface area contributed by atoms with E-state index in [4.69, 9.17) is 4.74 Å². The highest BCUT2D eigenvalue weighted by Gasteiger charge is 2.15. The van der Waals surface area contributed by atoms with Crippen molar-refractivity contribution in [3.8, 4) is 0 Å². The van der Waals surface area contributed by atoms with Gasteiger partial charge >= 0.3 is 0 Å². The molecule has 2 unspecified atom stereocenters. The van der Waals surface area contributed by atoms with Gasteiger partial charge in [0.2, 0.25) is 0 Å². The zero-order chi connectivity index (χ0) is 11.8. The Morgan fingerprint density at radius 2 is 1.75 bits per heavy atom. The highest BCUT2D eigenvalue weighted by atomic mass is 16.5. The molecule has 1 heterocycles. The summed E-state index contributed by atoms with van der Waals surface area (Å²) in [6.07, 6.45) is 5.00. The van der Waals surface area contributed by atoms with Gasteiger partial charge < -0.3 is 15.0 Å². The summed E-state index contributed by atoms with van der Waals surface area (Å²) in [5, 5.41) is 3.63. The fraction of sp³-hybridized carbons (Fsp3) is 1.00. The topological polar surface area (TPSA) is 24.5 Å². The van der Waals surface area contributed by atoms with Crippen LogP contribution in [-0.4, -0.2) is 50.3 Å². The number of nitrogens with zero attached hydrogens (tertiary/aromatic N) is 1. The third-order valence-corrected chi connectivity index (χ3v) is 3.40. The monoisotopic (exact) mass is 228 g/mol. The standard InChI is InChI=1S/C13H28N2O/c1-12-6-9-15(8-4-5-11-16-3)10-7-13(2)14-12/h12-14H,4-11H2,1-3H3. The van der Waals surface area contributed by atoms with E-state index in [-0.39, 0.29) is 0 Å². The Labute approximate surface area is 101 Å². The van der Waals surface area contributed by atoms with Crippen molar-refractivity contribution in [2.45, 2.75) is 51.6 Å². The van der Waals surface area contributed by atoms with Crippen LogP contribution in [0.3, 0.4) is 0 Å². The Balaban J connectivity index is 2.19. The van der Waals surface area contributed by atoms with Gasteiger partial charge in [0.25, 0.3) is 0 Å². The van der Waals surface area contributed by atoms with Crippen LogP contribution < -0.4 is 5.32 Å². The van der Waals surface area contributed by atoms with Gasteiger partial charge in [0.05, 0.1) is 0 Å². The lowest BCUT2D eigenvalue weighted by Gasteiger charge is -2.30. The lowest BCUT2D eigenvalue weighted by molar-refractivity contribution is 0.176. The van der Waals surface area contributed by atoms with Gasteiger partial charge in [-0.15, -0.1) is 0 Å². The molecule has 1 aliphatic heterocycles. The molecule has 0 bridgehead atoms. The zero-order valence-corrected chi connectivity index (χ0v) is 11.2. The van der Waals surface area contributed by atoms with Gasteiger partial charge in [0.15, 0.2) is 0 Å². The SMILES string of the molecule is COCCCCN1CCC(C)NC(C)CC1. The number of nitrogens with one attached hydrogen (secondary N) is 1. The molecule has 0 saturated carbocycles. The fourth-order valence-electron chi connectivity index (χ4n) is 2.32. The lowest BCUT2D eigenvalue weighted by Crippen LogP contribution is -2.43. The molecule has 1 saturated heterocycles. The number of unbranched alkanes of at least 4 members (excludes halogenated alkanes) is 1. The van der Waals surface area contributed by atoms with Crippen LogP contribution in [-0.2, 0) is 4.74 Å². The van der Waals surface area contributed by atoms with Crippen molar-refractivity contribution in [2.24, 2.45) is 0 Å². The van der Waals surface area contributed by atoms with E-state index in [1.54, 1.807) is 7.11 Å². The first-order valence-electron chi connectivity index (χ1n) is 6.69. The highest BCUT2D eigenvalue weighted by Crippen LogP contribution is 2.07. The Kier molecular flexibility index (Phi) is 7.01. The molecule has 0 radical (unpaired) electrons. The summed E-state index contributed by atoms with van der Waals surface area (Å²) < 4.78 is 5.08. The lowest BCUT2D eigenvalue weighted by atomic mass is 10.1. The molecule has 1 N–H and O–H groups in total. The fourth-order valence-corrected chi connectivity index (χ4v) is 2.32. The number of ether oxygens (including phenoxy) is 1. The first-order chi connectivity index (χ1) is 7.72. The van der Waals surface area contributed by atoms with Crippen LogP contribution in [0.15, 0.2) is 0 Å². The molecule has 96 valence electrons. The van der Waals surface area contributed by atoms with Gasteiger partial charge in [-0.25, -0.2) is 0 Å². The molecule has 16 heavy (non-hydrogen) atoms. The van der Waals surface area contributed by atoms with Gasteiger partial charge in [-0.1, -0.05) is 0 Å². The molecular weight excluding hydrogens is 200 g/mol. The van der Waals surface area contributed by atoms with Crippen LogP contribution in [0.25, 0.3) is 0 Å². The van der Waals surface area contributed by atoms with Crippen LogP contribution in [0.4, 0.5) is 0 Å². The molecule has 3 heteroatoms. The summed E-state index contributed by atoms with van der Waals surface area (Å²) in [5.74, 6) is 0. The maximum Gasteiger partial charge on any atom is 0.0462 e. The molecule has 0 aromatic heterocycles. The summed E-state index contributed by atoms with van der Waals surface area (Å²) >= 11 is 0. The average Bonchev–Trinajstić information content (AvgIpc) is 2.24. The van der Waals surface area contributed by atoms with Crippen LogP contribution in [0.2, 0.25) is 0 Å². The molecule has 1 fully saturated rings. The second kappa shape index (κ2) is 8.04. The van der Waals surface area contributed by atoms with Crippen molar-refractivity contribution >= 4 is 0 Å². The van der Waals surface area contributed by atoms with Crippen LogP contribution >= 0.6 is 0 Å². The van der Waals surface area contributed by atoms with E-state index in [9.17, 15) is 0 Å². The summed E-state index contributed by atoms with van der Waals surface area (Å²) in [4.78, 5) is 2.61. The van der Waals surface area contributed by atoms with Crippen molar-refractivity contribution < 1.29 is 4.74 Å². The first-order valence-corrected chi connectivity index (χ1v) is 6.69. The number of methoxy groups -OCH3 is 1. The summed E-state index contributed by atoms with van der Waals surface area (Å²) in [6.45, 7) is 9.22.